The van der Waals surface area contributed by atoms with Crippen LogP contribution in [0.25, 0.3) is 0 Å². The van der Waals surface area contributed by atoms with E-state index >= 15 is 0 Å². The van der Waals surface area contributed by atoms with E-state index in [0.29, 0.717) is 32.8 Å². The van der Waals surface area contributed by atoms with Crippen molar-refractivity contribution in [3.8, 4) is 0 Å². The largest absolute Gasteiger partial charge is 0.382 e. The van der Waals surface area contributed by atoms with Crippen LogP contribution < -0.4 is 16.4 Å². The highest BCUT2D eigenvalue weighted by Gasteiger charge is 2.43. The summed E-state index contributed by atoms with van der Waals surface area (Å²) >= 11 is 12.1. The second-order valence-electron chi connectivity index (χ2n) is 7.84. The van der Waals surface area contributed by atoms with Crippen molar-refractivity contribution in [3.05, 3.63) is 45.7 Å². The molecule has 1 aliphatic carbocycles. The smallest absolute Gasteiger partial charge is 0.154 e. The molecule has 1 aliphatic heterocycles. The van der Waals surface area contributed by atoms with Gasteiger partial charge in [0.1, 0.15) is 11.5 Å². The normalized spacial score (nSPS) is 21.2. The molecule has 6 nitrogen and oxygen atoms in total. The van der Waals surface area contributed by atoms with Crippen molar-refractivity contribution in [1.82, 2.24) is 9.97 Å². The molecule has 0 amide bonds. The molecular weight excluding hydrogens is 395 g/mol. The summed E-state index contributed by atoms with van der Waals surface area (Å²) in [5.41, 5.74) is 13.9. The summed E-state index contributed by atoms with van der Waals surface area (Å²) in [6.45, 7) is 1.81. The third kappa shape index (κ3) is 3.56. The van der Waals surface area contributed by atoms with Gasteiger partial charge in [-0.25, -0.2) is 9.97 Å². The summed E-state index contributed by atoms with van der Waals surface area (Å²) in [5.74, 6) is 0.982. The number of nitrogen functional groups attached to an aromatic ring is 1. The lowest BCUT2D eigenvalue weighted by Crippen LogP contribution is -2.47. The van der Waals surface area contributed by atoms with Crippen molar-refractivity contribution in [2.75, 3.05) is 23.7 Å². The molecule has 2 fully saturated rings. The first-order valence-corrected chi connectivity index (χ1v) is 10.3. The number of hydrogen-bond acceptors (Lipinski definition) is 6. The molecule has 2 aliphatic rings. The highest BCUT2D eigenvalue weighted by atomic mass is 35.5. The molecule has 5 N–H and O–H groups in total. The van der Waals surface area contributed by atoms with Gasteiger partial charge in [0.05, 0.1) is 11.9 Å². The van der Waals surface area contributed by atoms with Crippen LogP contribution in [0.2, 0.25) is 10.0 Å². The van der Waals surface area contributed by atoms with E-state index in [9.17, 15) is 0 Å². The molecule has 28 heavy (non-hydrogen) atoms. The zero-order valence-corrected chi connectivity index (χ0v) is 17.1. The van der Waals surface area contributed by atoms with E-state index in [2.05, 4.69) is 14.9 Å². The second-order valence-corrected chi connectivity index (χ2v) is 8.72. The van der Waals surface area contributed by atoms with Crippen LogP contribution in [0.1, 0.15) is 43.4 Å². The summed E-state index contributed by atoms with van der Waals surface area (Å²) < 4.78 is 0. The highest BCUT2D eigenvalue weighted by Crippen LogP contribution is 2.45. The molecule has 1 atom stereocenters. The molecule has 2 heterocycles. The molecule has 0 unspecified atom stereocenters. The van der Waals surface area contributed by atoms with Gasteiger partial charge in [0.2, 0.25) is 0 Å². The molecule has 1 spiro atoms. The molecule has 1 saturated carbocycles. The lowest BCUT2D eigenvalue weighted by molar-refractivity contribution is 0.197. The van der Waals surface area contributed by atoms with E-state index in [1.54, 1.807) is 24.4 Å². The number of nitrogens with zero attached hydrogens (tertiary/aromatic N) is 3. The van der Waals surface area contributed by atoms with E-state index in [1.165, 1.54) is 12.8 Å². The molecular formula is C20H24Cl2N6. The zero-order chi connectivity index (χ0) is 19.9. The molecule has 2 aromatic rings. The first-order chi connectivity index (χ1) is 13.4. The Balaban J connectivity index is 1.51. The Morgan fingerprint density at radius 2 is 1.82 bits per heavy atom. The first-order valence-electron chi connectivity index (χ1n) is 9.56. The van der Waals surface area contributed by atoms with Crippen molar-refractivity contribution in [1.29, 1.82) is 5.41 Å². The standard InChI is InChI=1S/C20H24Cl2N6/c21-13-8-12(9-14(22)10-13)17(24)18-19(25)27-16(11-26-18)28-6-4-20(5-7-28)3-1-2-15(20)23/h8-11,15,24H,1-7,23H2,(H2,25,27)/t15-/m1/s1. The number of hydrogen-bond donors (Lipinski definition) is 3. The first kappa shape index (κ1) is 19.4. The number of aromatic nitrogens is 2. The minimum atomic E-state index is 0.149. The van der Waals surface area contributed by atoms with Crippen LogP contribution in [0, 0.1) is 10.8 Å². The maximum Gasteiger partial charge on any atom is 0.154 e. The Hall–Kier alpha value is -1.89. The number of nitrogens with one attached hydrogen (secondary N) is 1. The van der Waals surface area contributed by atoms with E-state index < -0.39 is 0 Å². The second kappa shape index (κ2) is 7.50. The predicted molar refractivity (Wildman–Crippen MR) is 115 cm³/mol. The molecule has 1 aromatic heterocycles. The van der Waals surface area contributed by atoms with Gasteiger partial charge in [-0.1, -0.05) is 29.6 Å². The average molecular weight is 419 g/mol. The maximum atomic E-state index is 8.42. The Morgan fingerprint density at radius 3 is 2.39 bits per heavy atom. The summed E-state index contributed by atoms with van der Waals surface area (Å²) in [5, 5.41) is 9.35. The van der Waals surface area contributed by atoms with Crippen molar-refractivity contribution in [2.24, 2.45) is 11.1 Å². The number of piperidine rings is 1. The number of nitrogens with two attached hydrogens (primary N) is 2. The lowest BCUT2D eigenvalue weighted by Gasteiger charge is -2.42. The topological polar surface area (TPSA) is 105 Å². The van der Waals surface area contributed by atoms with Crippen molar-refractivity contribution < 1.29 is 0 Å². The van der Waals surface area contributed by atoms with E-state index in [-0.39, 0.29) is 11.5 Å². The average Bonchev–Trinajstić information content (AvgIpc) is 3.01. The summed E-state index contributed by atoms with van der Waals surface area (Å²) in [6, 6.07) is 5.27. The van der Waals surface area contributed by atoms with E-state index in [4.69, 9.17) is 40.1 Å². The summed E-state index contributed by atoms with van der Waals surface area (Å²) in [7, 11) is 0. The zero-order valence-electron chi connectivity index (χ0n) is 15.6. The van der Waals surface area contributed by atoms with Gasteiger partial charge in [0.15, 0.2) is 5.82 Å². The number of rotatable bonds is 3. The Morgan fingerprint density at radius 1 is 1.14 bits per heavy atom. The summed E-state index contributed by atoms with van der Waals surface area (Å²) in [4.78, 5) is 11.2. The maximum absolute atomic E-state index is 8.42. The van der Waals surface area contributed by atoms with Crippen LogP contribution >= 0.6 is 23.2 Å². The van der Waals surface area contributed by atoms with Crippen LogP contribution in [0.3, 0.4) is 0 Å². The number of anilines is 2. The van der Waals surface area contributed by atoms with Gasteiger partial charge < -0.3 is 16.4 Å². The summed E-state index contributed by atoms with van der Waals surface area (Å²) in [6.07, 6.45) is 7.45. The lowest BCUT2D eigenvalue weighted by atomic mass is 9.74. The van der Waals surface area contributed by atoms with Crippen LogP contribution in [0.15, 0.2) is 24.4 Å². The molecule has 0 radical (unpaired) electrons. The van der Waals surface area contributed by atoms with Crippen molar-refractivity contribution in [3.63, 3.8) is 0 Å². The van der Waals surface area contributed by atoms with Crippen molar-refractivity contribution in [2.45, 2.75) is 38.1 Å². The quantitative estimate of drug-likeness (QED) is 0.655. The Labute approximate surface area is 174 Å². The fourth-order valence-corrected chi connectivity index (χ4v) is 5.07. The number of benzene rings is 1. The highest BCUT2D eigenvalue weighted by molar-refractivity contribution is 6.35. The Kier molecular flexibility index (Phi) is 5.21. The third-order valence-electron chi connectivity index (χ3n) is 6.23. The predicted octanol–water partition coefficient (Wildman–Crippen LogP) is 3.88. The van der Waals surface area contributed by atoms with Crippen LogP contribution in [0.4, 0.5) is 11.6 Å². The van der Waals surface area contributed by atoms with Crippen LogP contribution in [-0.4, -0.2) is 34.8 Å². The SMILES string of the molecule is N=C(c1cc(Cl)cc(Cl)c1)c1ncc(N2CCC3(CCC[C@H]3N)CC2)nc1N. The molecule has 0 bridgehead atoms. The fraction of sp³-hybridized carbons (Fsp3) is 0.450. The van der Waals surface area contributed by atoms with Gasteiger partial charge in [-0.05, 0) is 49.3 Å². The molecule has 4 rings (SSSR count). The Bertz CT molecular complexity index is 887. The molecule has 1 saturated heterocycles. The van der Waals surface area contributed by atoms with Gasteiger partial charge in [0, 0.05) is 34.7 Å². The minimum absolute atomic E-state index is 0.149. The van der Waals surface area contributed by atoms with Crippen LogP contribution in [-0.2, 0) is 0 Å². The van der Waals surface area contributed by atoms with Gasteiger partial charge in [-0.2, -0.15) is 0 Å². The van der Waals surface area contributed by atoms with Crippen LogP contribution in [0.5, 0.6) is 0 Å². The van der Waals surface area contributed by atoms with Crippen molar-refractivity contribution >= 4 is 40.5 Å². The molecule has 1 aromatic carbocycles. The fourth-order valence-electron chi connectivity index (χ4n) is 4.54. The third-order valence-corrected chi connectivity index (χ3v) is 6.67. The molecule has 148 valence electrons. The van der Waals surface area contributed by atoms with Gasteiger partial charge in [-0.3, -0.25) is 5.41 Å². The van der Waals surface area contributed by atoms with Gasteiger partial charge in [0.25, 0.3) is 0 Å². The van der Waals surface area contributed by atoms with Gasteiger partial charge >= 0.3 is 0 Å². The molecule has 8 heteroatoms. The van der Waals surface area contributed by atoms with Gasteiger partial charge in [-0.15, -0.1) is 0 Å². The minimum Gasteiger partial charge on any atom is -0.382 e. The van der Waals surface area contributed by atoms with E-state index in [1.807, 2.05) is 0 Å². The monoisotopic (exact) mass is 418 g/mol. The number of halogens is 2. The van der Waals surface area contributed by atoms with E-state index in [0.717, 1.165) is 38.2 Å².